The van der Waals surface area contributed by atoms with Gasteiger partial charge in [-0.1, -0.05) is 0 Å². The number of hydrogen-bond donors (Lipinski definition) is 1. The number of hydrogen-bond acceptors (Lipinski definition) is 7. The third kappa shape index (κ3) is 3.38. The van der Waals surface area contributed by atoms with Crippen molar-refractivity contribution >= 4 is 26.7 Å². The van der Waals surface area contributed by atoms with Crippen LogP contribution in [0.2, 0.25) is 0 Å². The molecule has 1 fully saturated rings. The Bertz CT molecular complexity index is 1060. The summed E-state index contributed by atoms with van der Waals surface area (Å²) in [5, 5.41) is 4.08. The van der Waals surface area contributed by atoms with Crippen LogP contribution in [0.4, 0.5) is 5.95 Å². The first-order valence-electron chi connectivity index (χ1n) is 8.40. The summed E-state index contributed by atoms with van der Waals surface area (Å²) in [5.41, 5.74) is 2.35. The topological polar surface area (TPSA) is 88.1 Å². The maximum absolute atomic E-state index is 11.8. The molecule has 7 nitrogen and oxygen atoms in total. The van der Waals surface area contributed by atoms with Gasteiger partial charge in [-0.3, -0.25) is 4.98 Å². The van der Waals surface area contributed by atoms with Gasteiger partial charge in [-0.2, -0.15) is 0 Å². The first-order chi connectivity index (χ1) is 12.5. The fourth-order valence-electron chi connectivity index (χ4n) is 3.01. The van der Waals surface area contributed by atoms with Crippen molar-refractivity contribution in [2.24, 2.45) is 0 Å². The number of nitrogens with one attached hydrogen (secondary N) is 1. The lowest BCUT2D eigenvalue weighted by molar-refractivity contribution is 0.580. The van der Waals surface area contributed by atoms with Crippen molar-refractivity contribution in [3.05, 3.63) is 42.7 Å². The van der Waals surface area contributed by atoms with Crippen LogP contribution >= 0.6 is 0 Å². The van der Waals surface area contributed by atoms with Crippen LogP contribution in [0.15, 0.2) is 47.6 Å². The standard InChI is InChI=1S/C18H19N5O2S/c1-26(24,25)15-2-3-16-13(11-15)10-14(12-21-16)17-4-5-20-18(22-17)23-8-6-19-7-9-23/h2-5,10-12,19H,6-9H2,1H3. The van der Waals surface area contributed by atoms with Gasteiger partial charge in [0, 0.05) is 55.8 Å². The van der Waals surface area contributed by atoms with Crippen LogP contribution < -0.4 is 10.2 Å². The molecule has 134 valence electrons. The second-order valence-corrected chi connectivity index (χ2v) is 8.35. The molecule has 0 saturated carbocycles. The predicted molar refractivity (Wildman–Crippen MR) is 101 cm³/mol. The fraction of sp³-hybridized carbons (Fsp3) is 0.278. The maximum Gasteiger partial charge on any atom is 0.225 e. The van der Waals surface area contributed by atoms with Crippen molar-refractivity contribution in [2.75, 3.05) is 37.3 Å². The van der Waals surface area contributed by atoms with Gasteiger partial charge in [0.15, 0.2) is 9.84 Å². The van der Waals surface area contributed by atoms with Crippen molar-refractivity contribution in [3.63, 3.8) is 0 Å². The van der Waals surface area contributed by atoms with Gasteiger partial charge in [0.05, 0.1) is 16.1 Å². The average Bonchev–Trinajstić information content (AvgIpc) is 2.67. The van der Waals surface area contributed by atoms with E-state index in [4.69, 9.17) is 0 Å². The highest BCUT2D eigenvalue weighted by atomic mass is 32.2. The van der Waals surface area contributed by atoms with Crippen molar-refractivity contribution in [1.82, 2.24) is 20.3 Å². The minimum absolute atomic E-state index is 0.285. The largest absolute Gasteiger partial charge is 0.338 e. The van der Waals surface area contributed by atoms with Crippen LogP contribution in [0.1, 0.15) is 0 Å². The van der Waals surface area contributed by atoms with E-state index in [0.29, 0.717) is 5.95 Å². The zero-order valence-electron chi connectivity index (χ0n) is 14.4. The van der Waals surface area contributed by atoms with E-state index < -0.39 is 9.84 Å². The van der Waals surface area contributed by atoms with Crippen LogP contribution in [0.25, 0.3) is 22.2 Å². The maximum atomic E-state index is 11.8. The van der Waals surface area contributed by atoms with Crippen molar-refractivity contribution in [3.8, 4) is 11.3 Å². The Hall–Kier alpha value is -2.58. The van der Waals surface area contributed by atoms with Crippen molar-refractivity contribution < 1.29 is 8.42 Å². The highest BCUT2D eigenvalue weighted by molar-refractivity contribution is 7.90. The minimum Gasteiger partial charge on any atom is -0.338 e. The third-order valence-electron chi connectivity index (χ3n) is 4.42. The van der Waals surface area contributed by atoms with Crippen molar-refractivity contribution in [1.29, 1.82) is 0 Å². The molecule has 0 atom stereocenters. The number of benzene rings is 1. The molecule has 0 bridgehead atoms. The summed E-state index contributed by atoms with van der Waals surface area (Å²) in [6.45, 7) is 3.58. The number of aromatic nitrogens is 3. The fourth-order valence-corrected chi connectivity index (χ4v) is 3.66. The van der Waals surface area contributed by atoms with Gasteiger partial charge in [0.1, 0.15) is 0 Å². The van der Waals surface area contributed by atoms with Gasteiger partial charge < -0.3 is 10.2 Å². The lowest BCUT2D eigenvalue weighted by Gasteiger charge is -2.27. The Balaban J connectivity index is 1.74. The Morgan fingerprint density at radius 3 is 2.65 bits per heavy atom. The van der Waals surface area contributed by atoms with Gasteiger partial charge in [-0.15, -0.1) is 0 Å². The number of pyridine rings is 1. The van der Waals surface area contributed by atoms with E-state index in [1.807, 2.05) is 12.1 Å². The normalized spacial score (nSPS) is 15.3. The Labute approximate surface area is 152 Å². The molecule has 26 heavy (non-hydrogen) atoms. The summed E-state index contributed by atoms with van der Waals surface area (Å²) in [4.78, 5) is 15.9. The number of nitrogens with zero attached hydrogens (tertiary/aromatic N) is 4. The Morgan fingerprint density at radius 2 is 1.88 bits per heavy atom. The molecular formula is C18H19N5O2S. The van der Waals surface area contributed by atoms with Gasteiger partial charge in [-0.05, 0) is 30.3 Å². The SMILES string of the molecule is CS(=O)(=O)c1ccc2ncc(-c3ccnc(N4CCNCC4)n3)cc2c1. The molecule has 0 amide bonds. The molecule has 1 aliphatic rings. The highest BCUT2D eigenvalue weighted by Crippen LogP contribution is 2.24. The molecule has 3 heterocycles. The molecule has 8 heteroatoms. The number of anilines is 1. The number of sulfone groups is 1. The van der Waals surface area contributed by atoms with Crippen LogP contribution in [-0.4, -0.2) is 55.8 Å². The van der Waals surface area contributed by atoms with Gasteiger partial charge in [0.25, 0.3) is 0 Å². The molecule has 1 aromatic carbocycles. The number of rotatable bonds is 3. The highest BCUT2D eigenvalue weighted by Gasteiger charge is 2.14. The number of fused-ring (bicyclic) bond motifs is 1. The van der Waals surface area contributed by atoms with E-state index >= 15 is 0 Å². The first kappa shape index (κ1) is 16.9. The zero-order valence-corrected chi connectivity index (χ0v) is 15.2. The van der Waals surface area contributed by atoms with Crippen LogP contribution in [0, 0.1) is 0 Å². The van der Waals surface area contributed by atoms with Gasteiger partial charge in [-0.25, -0.2) is 18.4 Å². The molecule has 4 rings (SSSR count). The van der Waals surface area contributed by atoms with Gasteiger partial charge >= 0.3 is 0 Å². The molecule has 0 unspecified atom stereocenters. The van der Waals surface area contributed by atoms with E-state index in [1.54, 1.807) is 30.6 Å². The van der Waals surface area contributed by atoms with Crippen LogP contribution in [-0.2, 0) is 9.84 Å². The molecule has 1 N–H and O–H groups in total. The lowest BCUT2D eigenvalue weighted by Crippen LogP contribution is -2.44. The summed E-state index contributed by atoms with van der Waals surface area (Å²) in [5.74, 6) is 0.703. The van der Waals surface area contributed by atoms with Crippen LogP contribution in [0.3, 0.4) is 0 Å². The van der Waals surface area contributed by atoms with E-state index in [0.717, 1.165) is 48.3 Å². The molecular weight excluding hydrogens is 350 g/mol. The molecule has 0 radical (unpaired) electrons. The van der Waals surface area contributed by atoms with E-state index in [9.17, 15) is 8.42 Å². The molecule has 0 spiro atoms. The molecule has 0 aliphatic carbocycles. The summed E-state index contributed by atoms with van der Waals surface area (Å²) in [7, 11) is -3.26. The Kier molecular flexibility index (Phi) is 4.29. The predicted octanol–water partition coefficient (Wildman–Crippen LogP) is 1.50. The first-order valence-corrected chi connectivity index (χ1v) is 10.3. The summed E-state index contributed by atoms with van der Waals surface area (Å²) in [6.07, 6.45) is 4.71. The third-order valence-corrected chi connectivity index (χ3v) is 5.53. The van der Waals surface area contributed by atoms with Gasteiger partial charge in [0.2, 0.25) is 5.95 Å². The van der Waals surface area contributed by atoms with Crippen LogP contribution in [0.5, 0.6) is 0 Å². The number of piperazine rings is 1. The molecule has 3 aromatic rings. The summed E-state index contributed by atoms with van der Waals surface area (Å²) in [6, 6.07) is 8.72. The second-order valence-electron chi connectivity index (χ2n) is 6.33. The van der Waals surface area contributed by atoms with E-state index in [2.05, 4.69) is 25.2 Å². The van der Waals surface area contributed by atoms with E-state index in [-0.39, 0.29) is 4.90 Å². The molecule has 1 saturated heterocycles. The Morgan fingerprint density at radius 1 is 1.08 bits per heavy atom. The lowest BCUT2D eigenvalue weighted by atomic mass is 10.1. The van der Waals surface area contributed by atoms with Crippen molar-refractivity contribution in [2.45, 2.75) is 4.90 Å². The second kappa shape index (κ2) is 6.62. The molecule has 1 aliphatic heterocycles. The zero-order chi connectivity index (χ0) is 18.1. The summed E-state index contributed by atoms with van der Waals surface area (Å²) >= 11 is 0. The average molecular weight is 369 g/mol. The smallest absolute Gasteiger partial charge is 0.225 e. The quantitative estimate of drug-likeness (QED) is 0.748. The molecule has 2 aromatic heterocycles. The van der Waals surface area contributed by atoms with E-state index in [1.165, 1.54) is 6.26 Å². The minimum atomic E-state index is -3.26. The monoisotopic (exact) mass is 369 g/mol. The summed E-state index contributed by atoms with van der Waals surface area (Å²) < 4.78 is 23.6.